The van der Waals surface area contributed by atoms with Crippen LogP contribution in [0, 0.1) is 11.7 Å². The van der Waals surface area contributed by atoms with Crippen LogP contribution in [0.5, 0.6) is 0 Å². The van der Waals surface area contributed by atoms with E-state index >= 15 is 0 Å². The molecule has 1 rings (SSSR count). The van der Waals surface area contributed by atoms with Crippen molar-refractivity contribution in [3.05, 3.63) is 35.6 Å². The first-order valence-corrected chi connectivity index (χ1v) is 7.70. The number of amides is 1. The summed E-state index contributed by atoms with van der Waals surface area (Å²) in [6.07, 6.45) is 0.642. The number of carbonyl (C=O) groups is 2. The normalized spacial score (nSPS) is 11.8. The van der Waals surface area contributed by atoms with E-state index in [1.807, 2.05) is 6.92 Å². The van der Waals surface area contributed by atoms with Crippen molar-refractivity contribution in [1.29, 1.82) is 0 Å². The fraction of sp³-hybridized carbons (Fsp3) is 0.529. The van der Waals surface area contributed by atoms with Gasteiger partial charge in [0.25, 0.3) is 5.91 Å². The van der Waals surface area contributed by atoms with Gasteiger partial charge in [0.05, 0.1) is 13.0 Å². The lowest BCUT2D eigenvalue weighted by Gasteiger charge is -2.25. The third-order valence-electron chi connectivity index (χ3n) is 3.38. The Hall–Kier alpha value is -1.95. The van der Waals surface area contributed by atoms with Crippen LogP contribution in [0.1, 0.15) is 30.6 Å². The monoisotopic (exact) mass is 325 g/mol. The molecule has 0 bridgehead atoms. The Morgan fingerprint density at radius 2 is 2.09 bits per heavy atom. The molecule has 1 aromatic carbocycles. The lowest BCUT2D eigenvalue weighted by Crippen LogP contribution is -2.38. The van der Waals surface area contributed by atoms with E-state index in [0.29, 0.717) is 26.2 Å². The smallest absolute Gasteiger partial charge is 0.310 e. The minimum Gasteiger partial charge on any atom is -0.469 e. The van der Waals surface area contributed by atoms with Crippen molar-refractivity contribution in [1.82, 2.24) is 4.90 Å². The lowest BCUT2D eigenvalue weighted by molar-refractivity contribution is -0.145. The largest absolute Gasteiger partial charge is 0.469 e. The highest BCUT2D eigenvalue weighted by molar-refractivity contribution is 5.94. The molecule has 1 aromatic rings. The van der Waals surface area contributed by atoms with Crippen molar-refractivity contribution < 1.29 is 23.5 Å². The summed E-state index contributed by atoms with van der Waals surface area (Å²) in [6, 6.07) is 5.53. The summed E-state index contributed by atoms with van der Waals surface area (Å²) in [4.78, 5) is 25.7. The molecule has 0 fully saturated rings. The Bertz CT molecular complexity index is 521. The maximum absolute atomic E-state index is 13.3. The lowest BCUT2D eigenvalue weighted by atomic mass is 10.1. The van der Waals surface area contributed by atoms with E-state index in [4.69, 9.17) is 9.47 Å². The average molecular weight is 325 g/mol. The van der Waals surface area contributed by atoms with Crippen molar-refractivity contribution in [2.75, 3.05) is 33.4 Å². The minimum atomic E-state index is -0.467. The summed E-state index contributed by atoms with van der Waals surface area (Å²) < 4.78 is 23.3. The van der Waals surface area contributed by atoms with Crippen molar-refractivity contribution in [2.24, 2.45) is 5.92 Å². The Balaban J connectivity index is 2.80. The van der Waals surface area contributed by atoms with Crippen LogP contribution >= 0.6 is 0 Å². The second-order valence-corrected chi connectivity index (χ2v) is 5.24. The van der Waals surface area contributed by atoms with Crippen LogP contribution in [0.4, 0.5) is 4.39 Å². The van der Waals surface area contributed by atoms with Crippen molar-refractivity contribution in [3.8, 4) is 0 Å². The molecule has 1 atom stereocenters. The van der Waals surface area contributed by atoms with E-state index in [9.17, 15) is 14.0 Å². The second kappa shape index (κ2) is 9.94. The highest BCUT2D eigenvalue weighted by Crippen LogP contribution is 2.11. The van der Waals surface area contributed by atoms with Crippen LogP contribution in [0.3, 0.4) is 0 Å². The maximum atomic E-state index is 13.3. The highest BCUT2D eigenvalue weighted by atomic mass is 19.1. The van der Waals surface area contributed by atoms with Gasteiger partial charge in [-0.15, -0.1) is 0 Å². The summed E-state index contributed by atoms with van der Waals surface area (Å²) in [5.74, 6) is -1.61. The van der Waals surface area contributed by atoms with Gasteiger partial charge in [0.1, 0.15) is 5.82 Å². The van der Waals surface area contributed by atoms with Gasteiger partial charge in [-0.2, -0.15) is 0 Å². The fourth-order valence-corrected chi connectivity index (χ4v) is 2.19. The molecule has 0 saturated carbocycles. The van der Waals surface area contributed by atoms with E-state index in [1.54, 1.807) is 13.0 Å². The van der Waals surface area contributed by atoms with Gasteiger partial charge < -0.3 is 14.4 Å². The zero-order chi connectivity index (χ0) is 17.2. The number of carbonyl (C=O) groups excluding carboxylic acids is 2. The molecule has 128 valence electrons. The zero-order valence-electron chi connectivity index (χ0n) is 13.9. The molecule has 0 saturated heterocycles. The van der Waals surface area contributed by atoms with Crippen LogP contribution in [0.15, 0.2) is 24.3 Å². The SMILES string of the molecule is CCOCCCN(CC(C)C(=O)OC)C(=O)c1cccc(F)c1. The van der Waals surface area contributed by atoms with Crippen molar-refractivity contribution in [2.45, 2.75) is 20.3 Å². The molecular weight excluding hydrogens is 301 g/mol. The standard InChI is InChI=1S/C17H24FNO4/c1-4-23-10-6-9-19(12-13(2)17(21)22-3)16(20)14-7-5-8-15(18)11-14/h5,7-8,11,13H,4,6,9-10,12H2,1-3H3. The molecule has 0 N–H and O–H groups in total. The van der Waals surface area contributed by atoms with Gasteiger partial charge in [-0.1, -0.05) is 13.0 Å². The summed E-state index contributed by atoms with van der Waals surface area (Å²) in [7, 11) is 1.31. The van der Waals surface area contributed by atoms with E-state index in [-0.39, 0.29) is 24.0 Å². The third kappa shape index (κ3) is 6.36. The number of benzene rings is 1. The van der Waals surface area contributed by atoms with Crippen LogP contribution in [0.2, 0.25) is 0 Å². The topological polar surface area (TPSA) is 55.8 Å². The number of halogens is 1. The predicted molar refractivity (Wildman–Crippen MR) is 84.6 cm³/mol. The number of esters is 1. The van der Waals surface area contributed by atoms with Gasteiger partial charge >= 0.3 is 5.97 Å². The van der Waals surface area contributed by atoms with Crippen LogP contribution in [-0.4, -0.2) is 50.2 Å². The number of ether oxygens (including phenoxy) is 2. The molecule has 0 spiro atoms. The quantitative estimate of drug-likeness (QED) is 0.517. The molecule has 1 amide bonds. The molecule has 0 aromatic heterocycles. The Labute approximate surface area is 136 Å². The van der Waals surface area contributed by atoms with Crippen molar-refractivity contribution in [3.63, 3.8) is 0 Å². The van der Waals surface area contributed by atoms with Crippen LogP contribution in [-0.2, 0) is 14.3 Å². The van der Waals surface area contributed by atoms with Crippen molar-refractivity contribution >= 4 is 11.9 Å². The molecule has 0 aliphatic rings. The Kier molecular flexibility index (Phi) is 8.26. The first-order valence-electron chi connectivity index (χ1n) is 7.70. The summed E-state index contributed by atoms with van der Waals surface area (Å²) in [5.41, 5.74) is 0.262. The summed E-state index contributed by atoms with van der Waals surface area (Å²) >= 11 is 0. The number of methoxy groups -OCH3 is 1. The fourth-order valence-electron chi connectivity index (χ4n) is 2.19. The average Bonchev–Trinajstić information content (AvgIpc) is 2.56. The van der Waals surface area contributed by atoms with E-state index < -0.39 is 11.7 Å². The van der Waals surface area contributed by atoms with Gasteiger partial charge in [0.15, 0.2) is 0 Å². The molecule has 6 heteroatoms. The molecular formula is C17H24FNO4. The first kappa shape index (κ1) is 19.1. The summed E-state index contributed by atoms with van der Waals surface area (Å²) in [5, 5.41) is 0. The molecule has 23 heavy (non-hydrogen) atoms. The third-order valence-corrected chi connectivity index (χ3v) is 3.38. The second-order valence-electron chi connectivity index (χ2n) is 5.24. The number of hydrogen-bond acceptors (Lipinski definition) is 4. The van der Waals surface area contributed by atoms with Gasteiger partial charge in [-0.25, -0.2) is 4.39 Å². The minimum absolute atomic E-state index is 0.216. The number of rotatable bonds is 9. The highest BCUT2D eigenvalue weighted by Gasteiger charge is 2.22. The van der Waals surface area contributed by atoms with E-state index in [1.165, 1.54) is 30.2 Å². The predicted octanol–water partition coefficient (Wildman–Crippen LogP) is 2.50. The maximum Gasteiger partial charge on any atom is 0.310 e. The molecule has 5 nitrogen and oxygen atoms in total. The first-order chi connectivity index (χ1) is 11.0. The Morgan fingerprint density at radius 3 is 2.70 bits per heavy atom. The van der Waals surface area contributed by atoms with Crippen LogP contribution in [0.25, 0.3) is 0 Å². The number of hydrogen-bond donors (Lipinski definition) is 0. The zero-order valence-corrected chi connectivity index (χ0v) is 13.9. The van der Waals surface area contributed by atoms with Gasteiger partial charge in [0.2, 0.25) is 0 Å². The molecule has 0 heterocycles. The van der Waals surface area contributed by atoms with Crippen LogP contribution < -0.4 is 0 Å². The van der Waals surface area contributed by atoms with Gasteiger partial charge in [0, 0.05) is 31.9 Å². The molecule has 0 aliphatic heterocycles. The van der Waals surface area contributed by atoms with Gasteiger partial charge in [-0.05, 0) is 31.5 Å². The van der Waals surface area contributed by atoms with E-state index in [0.717, 1.165) is 0 Å². The summed E-state index contributed by atoms with van der Waals surface area (Å²) in [6.45, 7) is 5.37. The van der Waals surface area contributed by atoms with Gasteiger partial charge in [-0.3, -0.25) is 9.59 Å². The van der Waals surface area contributed by atoms with E-state index in [2.05, 4.69) is 0 Å². The molecule has 0 radical (unpaired) electrons. The Morgan fingerprint density at radius 1 is 1.35 bits per heavy atom. The number of nitrogens with zero attached hydrogens (tertiary/aromatic N) is 1. The molecule has 0 aliphatic carbocycles. The molecule has 1 unspecified atom stereocenters.